The Labute approximate surface area is 139 Å². The molecule has 0 spiro atoms. The molecule has 22 heavy (non-hydrogen) atoms. The van der Waals surface area contributed by atoms with Crippen molar-refractivity contribution in [2.75, 3.05) is 11.9 Å². The Bertz CT molecular complexity index is 715. The van der Waals surface area contributed by atoms with Crippen LogP contribution in [0.2, 0.25) is 10.0 Å². The lowest BCUT2D eigenvalue weighted by molar-refractivity contribution is 0.222. The van der Waals surface area contributed by atoms with Gasteiger partial charge in [0, 0.05) is 11.6 Å². The molecule has 1 heterocycles. The quantitative estimate of drug-likeness (QED) is 0.860. The first-order chi connectivity index (χ1) is 10.4. The third-order valence-corrected chi connectivity index (χ3v) is 6.65. The molecular weight excluding hydrogens is 347 g/mol. The lowest BCUT2D eigenvalue weighted by Crippen LogP contribution is -2.46. The van der Waals surface area contributed by atoms with Crippen molar-refractivity contribution < 1.29 is 13.2 Å². The molecule has 0 saturated heterocycles. The van der Waals surface area contributed by atoms with Crippen molar-refractivity contribution in [3.63, 3.8) is 0 Å². The highest BCUT2D eigenvalue weighted by atomic mass is 35.5. The van der Waals surface area contributed by atoms with Crippen LogP contribution in [0.5, 0.6) is 0 Å². The number of hydrogen-bond acceptors (Lipinski definition) is 3. The van der Waals surface area contributed by atoms with Gasteiger partial charge in [-0.25, -0.2) is 17.5 Å². The van der Waals surface area contributed by atoms with Crippen molar-refractivity contribution >= 4 is 44.9 Å². The van der Waals surface area contributed by atoms with E-state index in [1.807, 2.05) is 0 Å². The van der Waals surface area contributed by atoms with E-state index in [-0.39, 0.29) is 33.1 Å². The van der Waals surface area contributed by atoms with Gasteiger partial charge >= 0.3 is 6.03 Å². The molecule has 1 N–H and O–H groups in total. The van der Waals surface area contributed by atoms with Crippen molar-refractivity contribution in [1.82, 2.24) is 4.31 Å². The van der Waals surface area contributed by atoms with E-state index < -0.39 is 16.1 Å². The second-order valence-corrected chi connectivity index (χ2v) is 8.38. The highest BCUT2D eigenvalue weighted by Gasteiger charge is 2.39. The topological polar surface area (TPSA) is 66.5 Å². The van der Waals surface area contributed by atoms with Gasteiger partial charge in [0.25, 0.3) is 10.0 Å². The van der Waals surface area contributed by atoms with E-state index in [1.165, 1.54) is 18.6 Å². The zero-order valence-electron chi connectivity index (χ0n) is 11.8. The normalized spacial score (nSPS) is 21.4. The highest BCUT2D eigenvalue weighted by Crippen LogP contribution is 2.39. The summed E-state index contributed by atoms with van der Waals surface area (Å²) < 4.78 is 26.4. The monoisotopic (exact) mass is 362 g/mol. The molecule has 2 amide bonds. The van der Waals surface area contributed by atoms with Crippen LogP contribution in [0.25, 0.3) is 0 Å². The maximum Gasteiger partial charge on any atom is 0.335 e. The molecular formula is C14H16Cl2N2O3S. The standard InChI is InChI=1S/C14H16Cl2N2O3S/c15-10-6-11(16)13-12(7-10)17-14(19)18(22(13,20)21)8-9-4-2-1-3-5-9/h6-7,9H,1-5,8H2,(H,17,19). The van der Waals surface area contributed by atoms with Crippen molar-refractivity contribution in [3.05, 3.63) is 22.2 Å². The summed E-state index contributed by atoms with van der Waals surface area (Å²) in [7, 11) is -3.95. The number of rotatable bonds is 2. The molecule has 1 aliphatic carbocycles. The van der Waals surface area contributed by atoms with Gasteiger partial charge in [-0.3, -0.25) is 0 Å². The molecule has 1 saturated carbocycles. The van der Waals surface area contributed by atoms with Crippen LogP contribution in [0, 0.1) is 5.92 Å². The van der Waals surface area contributed by atoms with Gasteiger partial charge in [-0.2, -0.15) is 0 Å². The Morgan fingerprint density at radius 1 is 1.18 bits per heavy atom. The lowest BCUT2D eigenvalue weighted by atomic mass is 9.89. The smallest absolute Gasteiger partial charge is 0.306 e. The summed E-state index contributed by atoms with van der Waals surface area (Å²) in [6.45, 7) is 0.201. The SMILES string of the molecule is O=C1Nc2cc(Cl)cc(Cl)c2S(=O)(=O)N1CC1CCCCC1. The summed E-state index contributed by atoms with van der Waals surface area (Å²) in [6.07, 6.45) is 5.21. The number of amides is 2. The lowest BCUT2D eigenvalue weighted by Gasteiger charge is -2.33. The number of benzene rings is 1. The number of urea groups is 1. The maximum absolute atomic E-state index is 12.8. The van der Waals surface area contributed by atoms with E-state index >= 15 is 0 Å². The summed E-state index contributed by atoms with van der Waals surface area (Å²) in [4.78, 5) is 12.1. The van der Waals surface area contributed by atoms with Crippen LogP contribution in [0.3, 0.4) is 0 Å². The molecule has 0 unspecified atom stereocenters. The Morgan fingerprint density at radius 2 is 1.86 bits per heavy atom. The number of carbonyl (C=O) groups is 1. The van der Waals surface area contributed by atoms with Crippen molar-refractivity contribution in [3.8, 4) is 0 Å². The fraction of sp³-hybridized carbons (Fsp3) is 0.500. The van der Waals surface area contributed by atoms with Crippen LogP contribution >= 0.6 is 23.2 Å². The Morgan fingerprint density at radius 3 is 2.55 bits per heavy atom. The first kappa shape index (κ1) is 15.9. The number of hydrogen-bond donors (Lipinski definition) is 1. The molecule has 0 bridgehead atoms. The number of carbonyl (C=O) groups excluding carboxylic acids is 1. The van der Waals surface area contributed by atoms with Crippen LogP contribution in [0.4, 0.5) is 10.5 Å². The number of sulfonamides is 1. The summed E-state index contributed by atoms with van der Waals surface area (Å²) in [6, 6.07) is 2.13. The average molecular weight is 363 g/mol. The second kappa shape index (κ2) is 5.91. The number of nitrogens with zero attached hydrogens (tertiary/aromatic N) is 1. The molecule has 3 rings (SSSR count). The summed E-state index contributed by atoms with van der Waals surface area (Å²) in [5.74, 6) is 0.210. The van der Waals surface area contributed by atoms with Crippen molar-refractivity contribution in [2.45, 2.75) is 37.0 Å². The molecule has 1 fully saturated rings. The van der Waals surface area contributed by atoms with E-state index in [2.05, 4.69) is 5.32 Å². The van der Waals surface area contributed by atoms with E-state index in [1.54, 1.807) is 0 Å². The van der Waals surface area contributed by atoms with Gasteiger partial charge < -0.3 is 5.32 Å². The fourth-order valence-electron chi connectivity index (χ4n) is 3.10. The predicted octanol–water partition coefficient (Wildman–Crippen LogP) is 4.11. The van der Waals surface area contributed by atoms with Crippen molar-refractivity contribution in [2.24, 2.45) is 5.92 Å². The largest absolute Gasteiger partial charge is 0.335 e. The summed E-state index contributed by atoms with van der Waals surface area (Å²) in [5, 5.41) is 2.88. The minimum atomic E-state index is -3.95. The van der Waals surface area contributed by atoms with Gasteiger partial charge in [0.15, 0.2) is 0 Å². The third-order valence-electron chi connectivity index (χ3n) is 4.17. The summed E-state index contributed by atoms with van der Waals surface area (Å²) >= 11 is 11.9. The molecule has 1 aromatic rings. The Kier molecular flexibility index (Phi) is 4.27. The highest BCUT2D eigenvalue weighted by molar-refractivity contribution is 7.90. The molecule has 2 aliphatic rings. The molecule has 0 atom stereocenters. The first-order valence-corrected chi connectivity index (χ1v) is 9.42. The molecule has 1 aromatic carbocycles. The predicted molar refractivity (Wildman–Crippen MR) is 85.9 cm³/mol. The fourth-order valence-corrected chi connectivity index (χ4v) is 5.47. The van der Waals surface area contributed by atoms with E-state index in [9.17, 15) is 13.2 Å². The van der Waals surface area contributed by atoms with E-state index in [0.29, 0.717) is 0 Å². The molecule has 120 valence electrons. The average Bonchev–Trinajstić information content (AvgIpc) is 2.43. The zero-order valence-corrected chi connectivity index (χ0v) is 14.1. The molecule has 5 nitrogen and oxygen atoms in total. The van der Waals surface area contributed by atoms with Crippen molar-refractivity contribution in [1.29, 1.82) is 0 Å². The molecule has 0 aromatic heterocycles. The van der Waals surface area contributed by atoms with Gasteiger partial charge in [0.2, 0.25) is 0 Å². The number of nitrogens with one attached hydrogen (secondary N) is 1. The summed E-state index contributed by atoms with van der Waals surface area (Å²) in [5.41, 5.74) is 0.141. The van der Waals surface area contributed by atoms with Gasteiger partial charge in [0.1, 0.15) is 4.90 Å². The van der Waals surface area contributed by atoms with Crippen LogP contribution in [-0.2, 0) is 10.0 Å². The molecule has 1 aliphatic heterocycles. The van der Waals surface area contributed by atoms with E-state index in [0.717, 1.165) is 30.0 Å². The minimum absolute atomic E-state index is 0.0242. The van der Waals surface area contributed by atoms with Gasteiger partial charge in [-0.1, -0.05) is 42.5 Å². The third kappa shape index (κ3) is 2.79. The van der Waals surface area contributed by atoms with Gasteiger partial charge in [-0.15, -0.1) is 0 Å². The number of anilines is 1. The van der Waals surface area contributed by atoms with Crippen LogP contribution < -0.4 is 5.32 Å². The van der Waals surface area contributed by atoms with Crippen LogP contribution in [0.1, 0.15) is 32.1 Å². The molecule has 0 radical (unpaired) electrons. The zero-order chi connectivity index (χ0) is 15.9. The number of fused-ring (bicyclic) bond motifs is 1. The Balaban J connectivity index is 1.97. The number of halogens is 2. The Hall–Kier alpha value is -0.980. The first-order valence-electron chi connectivity index (χ1n) is 7.22. The van der Waals surface area contributed by atoms with E-state index in [4.69, 9.17) is 23.2 Å². The van der Waals surface area contributed by atoms with Crippen LogP contribution in [-0.4, -0.2) is 25.3 Å². The second-order valence-electron chi connectivity index (χ2n) is 5.73. The van der Waals surface area contributed by atoms with Crippen LogP contribution in [0.15, 0.2) is 17.0 Å². The van der Waals surface area contributed by atoms with Gasteiger partial charge in [-0.05, 0) is 30.9 Å². The maximum atomic E-state index is 12.8. The molecule has 8 heteroatoms. The minimum Gasteiger partial charge on any atom is -0.306 e. The van der Waals surface area contributed by atoms with Gasteiger partial charge in [0.05, 0.1) is 10.7 Å².